The molecule has 0 aliphatic heterocycles. The van der Waals surface area contributed by atoms with E-state index in [-0.39, 0.29) is 0 Å². The zero-order valence-electron chi connectivity index (χ0n) is 8.18. The molecule has 2 aromatic heterocycles. The van der Waals surface area contributed by atoms with Crippen LogP contribution in [0.3, 0.4) is 0 Å². The highest BCUT2D eigenvalue weighted by Gasteiger charge is 2.09. The van der Waals surface area contributed by atoms with Gasteiger partial charge in [0.25, 0.3) is 0 Å². The minimum absolute atomic E-state index is 0.373. The molecule has 0 saturated carbocycles. The van der Waals surface area contributed by atoms with E-state index in [1.54, 1.807) is 6.20 Å². The SMILES string of the molecule is CN(C)c1nccn2c(CN)nnc12. The summed E-state index contributed by atoms with van der Waals surface area (Å²) < 4.78 is 1.85. The van der Waals surface area contributed by atoms with E-state index in [2.05, 4.69) is 15.2 Å². The van der Waals surface area contributed by atoms with Crippen LogP contribution in [-0.2, 0) is 6.54 Å². The molecule has 0 unspecified atom stereocenters. The first-order valence-electron chi connectivity index (χ1n) is 4.30. The van der Waals surface area contributed by atoms with Gasteiger partial charge in [0.1, 0.15) is 0 Å². The van der Waals surface area contributed by atoms with E-state index in [0.29, 0.717) is 6.54 Å². The van der Waals surface area contributed by atoms with Gasteiger partial charge in [-0.15, -0.1) is 10.2 Å². The van der Waals surface area contributed by atoms with Crippen LogP contribution in [0.1, 0.15) is 5.82 Å². The molecule has 2 aromatic rings. The predicted octanol–water partition coefficient (Wildman–Crippen LogP) is -0.351. The number of fused-ring (bicyclic) bond motifs is 1. The Kier molecular flexibility index (Phi) is 2.05. The fourth-order valence-corrected chi connectivity index (χ4v) is 1.32. The number of hydrogen-bond acceptors (Lipinski definition) is 5. The van der Waals surface area contributed by atoms with Crippen molar-refractivity contribution in [3.63, 3.8) is 0 Å². The van der Waals surface area contributed by atoms with Gasteiger partial charge in [-0.1, -0.05) is 0 Å². The molecule has 6 heteroatoms. The summed E-state index contributed by atoms with van der Waals surface area (Å²) in [7, 11) is 3.83. The average Bonchev–Trinajstić information content (AvgIpc) is 2.59. The van der Waals surface area contributed by atoms with Crippen molar-refractivity contribution in [2.75, 3.05) is 19.0 Å². The molecule has 0 amide bonds. The highest BCUT2D eigenvalue weighted by atomic mass is 15.3. The minimum Gasteiger partial charge on any atom is -0.360 e. The molecule has 0 fully saturated rings. The van der Waals surface area contributed by atoms with Gasteiger partial charge in [0.2, 0.25) is 5.65 Å². The average molecular weight is 192 g/mol. The maximum absolute atomic E-state index is 5.53. The van der Waals surface area contributed by atoms with Crippen LogP contribution in [0.2, 0.25) is 0 Å². The summed E-state index contributed by atoms with van der Waals surface area (Å²) in [5, 5.41) is 8.02. The molecule has 0 bridgehead atoms. The van der Waals surface area contributed by atoms with Gasteiger partial charge in [-0.05, 0) is 0 Å². The first-order valence-corrected chi connectivity index (χ1v) is 4.30. The van der Waals surface area contributed by atoms with E-state index in [1.807, 2.05) is 29.6 Å². The Morgan fingerprint density at radius 3 is 2.86 bits per heavy atom. The summed E-state index contributed by atoms with van der Waals surface area (Å²) in [6.07, 6.45) is 3.52. The molecule has 0 saturated heterocycles. The van der Waals surface area contributed by atoms with Crippen molar-refractivity contribution in [1.82, 2.24) is 19.6 Å². The lowest BCUT2D eigenvalue weighted by Gasteiger charge is -2.10. The maximum Gasteiger partial charge on any atom is 0.203 e. The standard InChI is InChI=1S/C8H12N6/c1-13(2)7-8-12-11-6(5-9)14(8)4-3-10-7/h3-4H,5,9H2,1-2H3. The number of rotatable bonds is 2. The van der Waals surface area contributed by atoms with Gasteiger partial charge in [-0.25, -0.2) is 4.98 Å². The molecular formula is C8H12N6. The summed E-state index contributed by atoms with van der Waals surface area (Å²) in [6.45, 7) is 0.373. The van der Waals surface area contributed by atoms with Crippen LogP contribution in [0.4, 0.5) is 5.82 Å². The second-order valence-corrected chi connectivity index (χ2v) is 3.16. The lowest BCUT2D eigenvalue weighted by molar-refractivity contribution is 0.879. The summed E-state index contributed by atoms with van der Waals surface area (Å²) in [5.41, 5.74) is 6.26. The van der Waals surface area contributed by atoms with Gasteiger partial charge in [0, 0.05) is 26.5 Å². The Balaban J connectivity index is 2.70. The second-order valence-electron chi connectivity index (χ2n) is 3.16. The second kappa shape index (κ2) is 3.22. The number of nitrogens with two attached hydrogens (primary N) is 1. The zero-order valence-corrected chi connectivity index (χ0v) is 8.18. The third-order valence-corrected chi connectivity index (χ3v) is 1.99. The maximum atomic E-state index is 5.53. The lowest BCUT2D eigenvalue weighted by Crippen LogP contribution is -2.12. The zero-order chi connectivity index (χ0) is 10.1. The highest BCUT2D eigenvalue weighted by molar-refractivity contribution is 5.62. The quantitative estimate of drug-likeness (QED) is 0.704. The van der Waals surface area contributed by atoms with Crippen LogP contribution in [-0.4, -0.2) is 33.7 Å². The van der Waals surface area contributed by atoms with E-state index in [1.165, 1.54) is 0 Å². The van der Waals surface area contributed by atoms with Crippen LogP contribution in [0.5, 0.6) is 0 Å². The molecule has 2 rings (SSSR count). The molecular weight excluding hydrogens is 180 g/mol. The third kappa shape index (κ3) is 1.20. The molecule has 2 N–H and O–H groups in total. The number of anilines is 1. The summed E-state index contributed by atoms with van der Waals surface area (Å²) in [5.74, 6) is 1.53. The Morgan fingerprint density at radius 2 is 2.21 bits per heavy atom. The Hall–Kier alpha value is -1.69. The minimum atomic E-state index is 0.373. The monoisotopic (exact) mass is 192 g/mol. The summed E-state index contributed by atoms with van der Waals surface area (Å²) >= 11 is 0. The molecule has 0 aliphatic carbocycles. The topological polar surface area (TPSA) is 72.3 Å². The first-order chi connectivity index (χ1) is 6.74. The van der Waals surface area contributed by atoms with Gasteiger partial charge >= 0.3 is 0 Å². The van der Waals surface area contributed by atoms with E-state index in [4.69, 9.17) is 5.73 Å². The molecule has 0 spiro atoms. The van der Waals surface area contributed by atoms with Gasteiger partial charge in [0.15, 0.2) is 11.6 Å². The Bertz CT molecular complexity index is 446. The van der Waals surface area contributed by atoms with Crippen LogP contribution in [0.25, 0.3) is 5.65 Å². The van der Waals surface area contributed by atoms with Gasteiger partial charge in [0.05, 0.1) is 6.54 Å². The normalized spacial score (nSPS) is 10.8. The van der Waals surface area contributed by atoms with Crippen molar-refractivity contribution in [3.05, 3.63) is 18.2 Å². The van der Waals surface area contributed by atoms with Crippen molar-refractivity contribution in [1.29, 1.82) is 0 Å². The van der Waals surface area contributed by atoms with Crippen molar-refractivity contribution >= 4 is 11.5 Å². The predicted molar refractivity (Wildman–Crippen MR) is 53.0 cm³/mol. The Labute approximate surface area is 81.4 Å². The van der Waals surface area contributed by atoms with E-state index in [9.17, 15) is 0 Å². The molecule has 0 aliphatic rings. The summed E-state index contributed by atoms with van der Waals surface area (Å²) in [4.78, 5) is 6.11. The van der Waals surface area contributed by atoms with Gasteiger partial charge in [-0.2, -0.15) is 0 Å². The molecule has 0 aromatic carbocycles. The molecule has 14 heavy (non-hydrogen) atoms. The number of aromatic nitrogens is 4. The van der Waals surface area contributed by atoms with Crippen molar-refractivity contribution in [2.45, 2.75) is 6.54 Å². The summed E-state index contributed by atoms with van der Waals surface area (Å²) in [6, 6.07) is 0. The largest absolute Gasteiger partial charge is 0.360 e. The van der Waals surface area contributed by atoms with Crippen LogP contribution in [0.15, 0.2) is 12.4 Å². The molecule has 74 valence electrons. The Morgan fingerprint density at radius 1 is 1.43 bits per heavy atom. The lowest BCUT2D eigenvalue weighted by atomic mass is 10.5. The van der Waals surface area contributed by atoms with E-state index < -0.39 is 0 Å². The van der Waals surface area contributed by atoms with Crippen LogP contribution < -0.4 is 10.6 Å². The van der Waals surface area contributed by atoms with E-state index in [0.717, 1.165) is 17.3 Å². The van der Waals surface area contributed by atoms with Crippen molar-refractivity contribution < 1.29 is 0 Å². The molecule has 0 radical (unpaired) electrons. The third-order valence-electron chi connectivity index (χ3n) is 1.99. The number of nitrogens with zero attached hydrogens (tertiary/aromatic N) is 5. The first kappa shape index (κ1) is 8.89. The smallest absolute Gasteiger partial charge is 0.203 e. The van der Waals surface area contributed by atoms with Crippen molar-refractivity contribution in [2.24, 2.45) is 5.73 Å². The fourth-order valence-electron chi connectivity index (χ4n) is 1.32. The van der Waals surface area contributed by atoms with Crippen LogP contribution in [0, 0.1) is 0 Å². The molecule has 2 heterocycles. The number of hydrogen-bond donors (Lipinski definition) is 1. The van der Waals surface area contributed by atoms with Crippen LogP contribution >= 0.6 is 0 Å². The molecule has 0 atom stereocenters. The van der Waals surface area contributed by atoms with Gasteiger partial charge < -0.3 is 10.6 Å². The molecule has 6 nitrogen and oxygen atoms in total. The highest BCUT2D eigenvalue weighted by Crippen LogP contribution is 2.14. The van der Waals surface area contributed by atoms with Crippen molar-refractivity contribution in [3.8, 4) is 0 Å². The van der Waals surface area contributed by atoms with Gasteiger partial charge in [-0.3, -0.25) is 4.40 Å². The van der Waals surface area contributed by atoms with E-state index >= 15 is 0 Å². The fraction of sp³-hybridized carbons (Fsp3) is 0.375.